The molecule has 0 bridgehead atoms. The number of guanidine groups is 1. The second kappa shape index (κ2) is 12.6. The van der Waals surface area contributed by atoms with E-state index in [-0.39, 0.29) is 24.0 Å². The van der Waals surface area contributed by atoms with Gasteiger partial charge in [0.05, 0.1) is 19.9 Å². The van der Waals surface area contributed by atoms with E-state index in [2.05, 4.69) is 31.3 Å². The fourth-order valence-electron chi connectivity index (χ4n) is 3.53. The van der Waals surface area contributed by atoms with Crippen LogP contribution >= 0.6 is 24.0 Å². The summed E-state index contributed by atoms with van der Waals surface area (Å²) in [6, 6.07) is 8.01. The molecule has 1 fully saturated rings. The molecule has 0 spiro atoms. The molecule has 1 aliphatic heterocycles. The molecule has 0 aliphatic carbocycles. The van der Waals surface area contributed by atoms with E-state index in [0.717, 1.165) is 75.3 Å². The van der Waals surface area contributed by atoms with Gasteiger partial charge in [0.25, 0.3) is 0 Å². The molecule has 0 unspecified atom stereocenters. The van der Waals surface area contributed by atoms with Crippen molar-refractivity contribution in [2.45, 2.75) is 19.4 Å². The first-order valence-electron chi connectivity index (χ1n) is 10.0. The van der Waals surface area contributed by atoms with Gasteiger partial charge in [0, 0.05) is 52.4 Å². The van der Waals surface area contributed by atoms with Crippen molar-refractivity contribution in [3.63, 3.8) is 0 Å². The summed E-state index contributed by atoms with van der Waals surface area (Å²) in [6.45, 7) is 5.58. The van der Waals surface area contributed by atoms with Gasteiger partial charge >= 0.3 is 0 Å². The van der Waals surface area contributed by atoms with Gasteiger partial charge in [0.15, 0.2) is 17.5 Å². The third-order valence-electron chi connectivity index (χ3n) is 5.13. The Balaban J connectivity index is 0.00000320. The van der Waals surface area contributed by atoms with Gasteiger partial charge in [-0.2, -0.15) is 0 Å². The van der Waals surface area contributed by atoms with Gasteiger partial charge in [-0.3, -0.25) is 9.89 Å². The number of methoxy groups -OCH3 is 2. The van der Waals surface area contributed by atoms with E-state index in [1.165, 1.54) is 5.56 Å². The number of benzene rings is 1. The van der Waals surface area contributed by atoms with E-state index in [4.69, 9.17) is 14.0 Å². The van der Waals surface area contributed by atoms with Crippen LogP contribution in [0.5, 0.6) is 11.5 Å². The number of piperazine rings is 1. The summed E-state index contributed by atoms with van der Waals surface area (Å²) in [5, 5.41) is 7.49. The summed E-state index contributed by atoms with van der Waals surface area (Å²) in [7, 11) is 5.16. The summed E-state index contributed by atoms with van der Waals surface area (Å²) in [6.07, 6.45) is 3.61. The minimum atomic E-state index is 0. The molecule has 9 heteroatoms. The van der Waals surface area contributed by atoms with Gasteiger partial charge in [-0.15, -0.1) is 24.0 Å². The maximum absolute atomic E-state index is 5.38. The number of aromatic nitrogens is 1. The quantitative estimate of drug-likeness (QED) is 0.244. The summed E-state index contributed by atoms with van der Waals surface area (Å²) in [5.41, 5.74) is 2.22. The Morgan fingerprint density at radius 2 is 1.90 bits per heavy atom. The summed E-state index contributed by atoms with van der Waals surface area (Å²) in [4.78, 5) is 9.16. The smallest absolute Gasteiger partial charge is 0.193 e. The topological polar surface area (TPSA) is 75.4 Å². The highest BCUT2D eigenvalue weighted by Crippen LogP contribution is 2.27. The van der Waals surface area contributed by atoms with E-state index in [1.54, 1.807) is 20.5 Å². The number of ether oxygens (including phenoxy) is 2. The Bertz CT molecular complexity index is 777. The molecule has 1 aromatic carbocycles. The fourth-order valence-corrected chi connectivity index (χ4v) is 3.53. The van der Waals surface area contributed by atoms with E-state index >= 15 is 0 Å². The van der Waals surface area contributed by atoms with Crippen LogP contribution in [0.25, 0.3) is 0 Å². The lowest BCUT2D eigenvalue weighted by atomic mass is 10.1. The molecule has 2 heterocycles. The van der Waals surface area contributed by atoms with Crippen molar-refractivity contribution in [1.29, 1.82) is 0 Å². The van der Waals surface area contributed by atoms with Crippen molar-refractivity contribution in [2.24, 2.45) is 4.99 Å². The number of rotatable bonds is 8. The van der Waals surface area contributed by atoms with E-state index in [0.29, 0.717) is 0 Å². The molecule has 0 atom stereocenters. The Morgan fingerprint density at radius 1 is 1.13 bits per heavy atom. The van der Waals surface area contributed by atoms with Crippen LogP contribution in [-0.4, -0.2) is 74.9 Å². The number of hydrogen-bond donors (Lipinski definition) is 1. The molecule has 0 saturated carbocycles. The van der Waals surface area contributed by atoms with Gasteiger partial charge in [-0.05, 0) is 30.5 Å². The minimum absolute atomic E-state index is 0. The lowest BCUT2D eigenvalue weighted by Gasteiger charge is -2.36. The molecule has 0 radical (unpaired) electrons. The molecule has 166 valence electrons. The average molecular weight is 529 g/mol. The summed E-state index contributed by atoms with van der Waals surface area (Å²) >= 11 is 0. The van der Waals surface area contributed by atoms with Crippen molar-refractivity contribution in [1.82, 2.24) is 20.3 Å². The molecule has 2 aromatic rings. The number of aliphatic imine (C=N–C) groups is 1. The zero-order valence-electron chi connectivity index (χ0n) is 18.0. The Morgan fingerprint density at radius 3 is 2.53 bits per heavy atom. The van der Waals surface area contributed by atoms with Gasteiger partial charge < -0.3 is 24.2 Å². The monoisotopic (exact) mass is 529 g/mol. The second-order valence-electron chi connectivity index (χ2n) is 7.02. The van der Waals surface area contributed by atoms with Gasteiger partial charge in [-0.1, -0.05) is 11.2 Å². The van der Waals surface area contributed by atoms with Crippen molar-refractivity contribution in [3.8, 4) is 11.5 Å². The highest BCUT2D eigenvalue weighted by molar-refractivity contribution is 14.0. The van der Waals surface area contributed by atoms with Gasteiger partial charge in [-0.25, -0.2) is 0 Å². The van der Waals surface area contributed by atoms with Crippen molar-refractivity contribution >= 4 is 29.9 Å². The number of halogens is 1. The number of hydrogen-bond acceptors (Lipinski definition) is 6. The van der Waals surface area contributed by atoms with Crippen molar-refractivity contribution in [2.75, 3.05) is 54.0 Å². The normalized spacial score (nSPS) is 14.9. The molecule has 1 N–H and O–H groups in total. The Kier molecular flexibility index (Phi) is 10.2. The Labute approximate surface area is 195 Å². The third-order valence-corrected chi connectivity index (χ3v) is 5.13. The highest BCUT2D eigenvalue weighted by Gasteiger charge is 2.20. The predicted molar refractivity (Wildman–Crippen MR) is 128 cm³/mol. The molecule has 3 rings (SSSR count). The lowest BCUT2D eigenvalue weighted by Crippen LogP contribution is -2.52. The van der Waals surface area contributed by atoms with Crippen LogP contribution in [0, 0.1) is 0 Å². The molecule has 1 aromatic heterocycles. The van der Waals surface area contributed by atoms with Crippen LogP contribution in [0.4, 0.5) is 0 Å². The van der Waals surface area contributed by atoms with Gasteiger partial charge in [0.1, 0.15) is 6.26 Å². The first-order chi connectivity index (χ1) is 14.2. The van der Waals surface area contributed by atoms with Crippen LogP contribution in [0.2, 0.25) is 0 Å². The van der Waals surface area contributed by atoms with Crippen LogP contribution in [0.1, 0.15) is 17.7 Å². The average Bonchev–Trinajstić information content (AvgIpc) is 3.27. The first-order valence-corrected chi connectivity index (χ1v) is 10.0. The second-order valence-corrected chi connectivity index (χ2v) is 7.02. The van der Waals surface area contributed by atoms with Crippen LogP contribution in [0.15, 0.2) is 40.0 Å². The zero-order chi connectivity index (χ0) is 20.5. The maximum Gasteiger partial charge on any atom is 0.193 e. The molecule has 30 heavy (non-hydrogen) atoms. The van der Waals surface area contributed by atoms with Crippen LogP contribution in [0.3, 0.4) is 0 Å². The van der Waals surface area contributed by atoms with Gasteiger partial charge in [0.2, 0.25) is 0 Å². The summed E-state index contributed by atoms with van der Waals surface area (Å²) in [5.74, 6) is 2.51. The van der Waals surface area contributed by atoms with E-state index in [9.17, 15) is 0 Å². The molecule has 1 aliphatic rings. The SMILES string of the molecule is CN=C(NCCCc1ccc(OC)c(OC)c1)N1CCN(Cc2ccon2)CC1.I. The first kappa shape index (κ1) is 24.3. The number of nitrogens with one attached hydrogen (secondary N) is 1. The molecule has 1 saturated heterocycles. The highest BCUT2D eigenvalue weighted by atomic mass is 127. The number of aryl methyl sites for hydroxylation is 1. The maximum atomic E-state index is 5.38. The van der Waals surface area contributed by atoms with Crippen molar-refractivity contribution < 1.29 is 14.0 Å². The minimum Gasteiger partial charge on any atom is -0.493 e. The number of nitrogens with zero attached hydrogens (tertiary/aromatic N) is 4. The molecular weight excluding hydrogens is 497 g/mol. The molecule has 8 nitrogen and oxygen atoms in total. The molecule has 0 amide bonds. The van der Waals surface area contributed by atoms with E-state index in [1.807, 2.05) is 25.2 Å². The fraction of sp³-hybridized carbons (Fsp3) is 0.524. The van der Waals surface area contributed by atoms with Crippen LogP contribution in [-0.2, 0) is 13.0 Å². The zero-order valence-corrected chi connectivity index (χ0v) is 20.3. The lowest BCUT2D eigenvalue weighted by molar-refractivity contribution is 0.169. The third kappa shape index (κ3) is 6.76. The van der Waals surface area contributed by atoms with Crippen LogP contribution < -0.4 is 14.8 Å². The van der Waals surface area contributed by atoms with Crippen molar-refractivity contribution in [3.05, 3.63) is 41.8 Å². The van der Waals surface area contributed by atoms with E-state index < -0.39 is 0 Å². The standard InChI is InChI=1S/C21H31N5O3.HI/c1-22-21(26-12-10-25(11-13-26)16-18-8-14-29-24-18)23-9-4-5-17-6-7-19(27-2)20(15-17)28-3;/h6-8,14-15H,4-5,9-13,16H2,1-3H3,(H,22,23);1H. The largest absolute Gasteiger partial charge is 0.493 e. The summed E-state index contributed by atoms with van der Waals surface area (Å²) < 4.78 is 15.6. The Hall–Kier alpha value is -2.01. The predicted octanol–water partition coefficient (Wildman–Crippen LogP) is 2.64. The molecular formula is C21H32IN5O3.